The summed E-state index contributed by atoms with van der Waals surface area (Å²) in [5.74, 6) is 0. The van der Waals surface area contributed by atoms with Crippen molar-refractivity contribution >= 4 is 33.6 Å². The first-order valence-corrected chi connectivity index (χ1v) is 6.71. The zero-order valence-corrected chi connectivity index (χ0v) is 12.1. The Balaban J connectivity index is 2.30. The lowest BCUT2D eigenvalue weighted by atomic mass is 10.1. The maximum atomic E-state index is 13.1. The van der Waals surface area contributed by atoms with E-state index in [1.54, 1.807) is 18.3 Å². The summed E-state index contributed by atoms with van der Waals surface area (Å²) in [6.07, 6.45) is -1.35. The molecule has 2 aromatic heterocycles. The molecular formula is C13H7F3IN3. The maximum absolute atomic E-state index is 13.1. The minimum atomic E-state index is -4.43. The van der Waals surface area contributed by atoms with Crippen LogP contribution in [0.4, 0.5) is 13.2 Å². The molecule has 20 heavy (non-hydrogen) atoms. The number of fused-ring (bicyclic) bond motifs is 1. The normalized spacial score (nSPS) is 12.0. The average Bonchev–Trinajstić information content (AvgIpc) is 2.83. The molecule has 2 heterocycles. The van der Waals surface area contributed by atoms with Crippen LogP contribution >= 0.6 is 22.6 Å². The molecule has 0 saturated heterocycles. The van der Waals surface area contributed by atoms with Gasteiger partial charge in [-0.05, 0) is 40.8 Å². The predicted octanol–water partition coefficient (Wildman–Crippen LogP) is 4.04. The van der Waals surface area contributed by atoms with Crippen LogP contribution in [-0.2, 0) is 6.18 Å². The topological polar surface area (TPSA) is 30.7 Å². The molecule has 0 amide bonds. The molecule has 0 atom stereocenters. The van der Waals surface area contributed by atoms with Gasteiger partial charge in [0.25, 0.3) is 0 Å². The Kier molecular flexibility index (Phi) is 3.15. The van der Waals surface area contributed by atoms with Crippen molar-refractivity contribution in [1.29, 1.82) is 0 Å². The van der Waals surface area contributed by atoms with E-state index in [0.717, 1.165) is 15.0 Å². The molecule has 3 aromatic rings. The number of para-hydroxylation sites is 1. The van der Waals surface area contributed by atoms with E-state index < -0.39 is 11.7 Å². The van der Waals surface area contributed by atoms with Gasteiger partial charge in [-0.2, -0.15) is 18.3 Å². The SMILES string of the molecule is FC(F)(F)c1ccccc1-n1ncc2c(I)ccnc21. The molecule has 7 heteroatoms. The summed E-state index contributed by atoms with van der Waals surface area (Å²) in [4.78, 5) is 4.13. The molecule has 0 aliphatic rings. The van der Waals surface area contributed by atoms with Crippen molar-refractivity contribution in [3.63, 3.8) is 0 Å². The first-order chi connectivity index (χ1) is 9.48. The standard InChI is InChI=1S/C13H7F3IN3/c14-13(15,16)9-3-1-2-4-11(9)20-12-8(7-19-20)10(17)5-6-18-12/h1-7H. The Morgan fingerprint density at radius 2 is 1.85 bits per heavy atom. The maximum Gasteiger partial charge on any atom is 0.418 e. The lowest BCUT2D eigenvalue weighted by molar-refractivity contribution is -0.137. The molecule has 0 spiro atoms. The van der Waals surface area contributed by atoms with Crippen LogP contribution in [0.2, 0.25) is 0 Å². The van der Waals surface area contributed by atoms with Crippen LogP contribution in [-0.4, -0.2) is 14.8 Å². The third-order valence-corrected chi connectivity index (χ3v) is 3.80. The minimum absolute atomic E-state index is 0.0236. The second kappa shape index (κ2) is 4.72. The number of alkyl halides is 3. The van der Waals surface area contributed by atoms with Gasteiger partial charge < -0.3 is 0 Å². The fraction of sp³-hybridized carbons (Fsp3) is 0.0769. The number of hydrogen-bond donors (Lipinski definition) is 0. The number of benzene rings is 1. The summed E-state index contributed by atoms with van der Waals surface area (Å²) in [5, 5.41) is 4.78. The van der Waals surface area contributed by atoms with Gasteiger partial charge >= 0.3 is 6.18 Å². The van der Waals surface area contributed by atoms with Crippen molar-refractivity contribution in [3.8, 4) is 5.69 Å². The second-order valence-corrected chi connectivity index (χ2v) is 5.26. The van der Waals surface area contributed by atoms with Crippen LogP contribution < -0.4 is 0 Å². The van der Waals surface area contributed by atoms with Gasteiger partial charge in [-0.1, -0.05) is 12.1 Å². The van der Waals surface area contributed by atoms with Gasteiger partial charge in [0.05, 0.1) is 22.8 Å². The van der Waals surface area contributed by atoms with Gasteiger partial charge in [0.15, 0.2) is 5.65 Å². The molecule has 3 nitrogen and oxygen atoms in total. The second-order valence-electron chi connectivity index (χ2n) is 4.10. The molecule has 0 unspecified atom stereocenters. The molecule has 0 N–H and O–H groups in total. The highest BCUT2D eigenvalue weighted by atomic mass is 127. The van der Waals surface area contributed by atoms with E-state index in [1.807, 2.05) is 0 Å². The van der Waals surface area contributed by atoms with Gasteiger partial charge in [-0.3, -0.25) is 0 Å². The number of halogens is 4. The van der Waals surface area contributed by atoms with Gasteiger partial charge in [0, 0.05) is 9.77 Å². The molecule has 1 aromatic carbocycles. The van der Waals surface area contributed by atoms with E-state index in [9.17, 15) is 13.2 Å². The number of rotatable bonds is 1. The lowest BCUT2D eigenvalue weighted by Gasteiger charge is -2.12. The third-order valence-electron chi connectivity index (χ3n) is 2.86. The van der Waals surface area contributed by atoms with E-state index >= 15 is 0 Å². The van der Waals surface area contributed by atoms with E-state index in [1.165, 1.54) is 23.0 Å². The Morgan fingerprint density at radius 1 is 1.10 bits per heavy atom. The number of nitrogens with zero attached hydrogens (tertiary/aromatic N) is 3. The van der Waals surface area contributed by atoms with Crippen molar-refractivity contribution in [2.45, 2.75) is 6.18 Å². The summed E-state index contributed by atoms with van der Waals surface area (Å²) in [6.45, 7) is 0. The van der Waals surface area contributed by atoms with Gasteiger partial charge in [0.2, 0.25) is 0 Å². The molecule has 0 radical (unpaired) electrons. The van der Waals surface area contributed by atoms with E-state index in [2.05, 4.69) is 32.7 Å². The van der Waals surface area contributed by atoms with Crippen LogP contribution in [0.15, 0.2) is 42.7 Å². The van der Waals surface area contributed by atoms with Crippen molar-refractivity contribution in [2.75, 3.05) is 0 Å². The van der Waals surface area contributed by atoms with Crippen LogP contribution in [0, 0.1) is 3.57 Å². The van der Waals surface area contributed by atoms with Crippen LogP contribution in [0.25, 0.3) is 16.7 Å². The Bertz CT molecular complexity index is 780. The average molecular weight is 389 g/mol. The Hall–Kier alpha value is -1.64. The van der Waals surface area contributed by atoms with Gasteiger partial charge in [-0.25, -0.2) is 9.67 Å². The highest BCUT2D eigenvalue weighted by Gasteiger charge is 2.34. The minimum Gasteiger partial charge on any atom is -0.236 e. The van der Waals surface area contributed by atoms with Crippen molar-refractivity contribution in [3.05, 3.63) is 51.9 Å². The van der Waals surface area contributed by atoms with Crippen LogP contribution in [0.1, 0.15) is 5.56 Å². The number of aromatic nitrogens is 3. The zero-order chi connectivity index (χ0) is 14.3. The molecule has 0 saturated carbocycles. The van der Waals surface area contributed by atoms with Crippen LogP contribution in [0.3, 0.4) is 0 Å². The Morgan fingerprint density at radius 3 is 2.60 bits per heavy atom. The Labute approximate surface area is 125 Å². The molecule has 0 aliphatic carbocycles. The van der Waals surface area contributed by atoms with Gasteiger partial charge in [-0.15, -0.1) is 0 Å². The monoisotopic (exact) mass is 389 g/mol. The van der Waals surface area contributed by atoms with Crippen molar-refractivity contribution in [1.82, 2.24) is 14.8 Å². The van der Waals surface area contributed by atoms with E-state index in [0.29, 0.717) is 5.65 Å². The highest BCUT2D eigenvalue weighted by Crippen LogP contribution is 2.34. The first kappa shape index (κ1) is 13.3. The van der Waals surface area contributed by atoms with Gasteiger partial charge in [0.1, 0.15) is 0 Å². The van der Waals surface area contributed by atoms with E-state index in [-0.39, 0.29) is 5.69 Å². The summed E-state index contributed by atoms with van der Waals surface area (Å²) in [5.41, 5.74) is -0.344. The first-order valence-electron chi connectivity index (χ1n) is 5.63. The third kappa shape index (κ3) is 2.15. The van der Waals surface area contributed by atoms with E-state index in [4.69, 9.17) is 0 Å². The van der Waals surface area contributed by atoms with Crippen molar-refractivity contribution in [2.24, 2.45) is 0 Å². The summed E-state index contributed by atoms with van der Waals surface area (Å²) < 4.78 is 41.3. The molecule has 0 bridgehead atoms. The molecule has 0 aliphatic heterocycles. The van der Waals surface area contributed by atoms with Crippen LogP contribution in [0.5, 0.6) is 0 Å². The molecule has 102 valence electrons. The highest BCUT2D eigenvalue weighted by molar-refractivity contribution is 14.1. The fourth-order valence-electron chi connectivity index (χ4n) is 1.97. The van der Waals surface area contributed by atoms with Crippen molar-refractivity contribution < 1.29 is 13.2 Å². The summed E-state index contributed by atoms with van der Waals surface area (Å²) in [6, 6.07) is 7.11. The molecular weight excluding hydrogens is 382 g/mol. The molecule has 3 rings (SSSR count). The predicted molar refractivity (Wildman–Crippen MR) is 76.6 cm³/mol. The smallest absolute Gasteiger partial charge is 0.236 e. The summed E-state index contributed by atoms with van der Waals surface area (Å²) in [7, 11) is 0. The fourth-order valence-corrected chi connectivity index (χ4v) is 2.51. The largest absolute Gasteiger partial charge is 0.418 e. The zero-order valence-electron chi connectivity index (χ0n) is 9.89. The quantitative estimate of drug-likeness (QED) is 0.589. The summed E-state index contributed by atoms with van der Waals surface area (Å²) >= 11 is 2.10. The number of pyridine rings is 1. The number of hydrogen-bond acceptors (Lipinski definition) is 2. The lowest BCUT2D eigenvalue weighted by Crippen LogP contribution is -2.11. The molecule has 0 fully saturated rings.